The Morgan fingerprint density at radius 2 is 2.36 bits per heavy atom. The highest BCUT2D eigenvalue weighted by Gasteiger charge is 2.07. The molecule has 78 valence electrons. The Kier molecular flexibility index (Phi) is 4.00. The number of carbonyl (C=O) groups is 1. The summed E-state index contributed by atoms with van der Waals surface area (Å²) in [6, 6.07) is 0. The Hall–Kier alpha value is -0.970. The number of imidazole rings is 1. The summed E-state index contributed by atoms with van der Waals surface area (Å²) in [5.41, 5.74) is 0. The topological polar surface area (TPSA) is 38.1 Å². The molecule has 0 unspecified atom stereocenters. The van der Waals surface area contributed by atoms with Crippen molar-refractivity contribution >= 4 is 17.7 Å². The number of thioether (sulfide) groups is 1. The molecule has 0 fully saturated rings. The van der Waals surface area contributed by atoms with Gasteiger partial charge < -0.3 is 9.47 Å². The van der Waals surface area contributed by atoms with Crippen LogP contribution in [0.5, 0.6) is 0 Å². The van der Waals surface area contributed by atoms with Crippen molar-refractivity contribution in [1.82, 2.24) is 14.5 Å². The molecule has 5 heteroatoms. The molecule has 0 saturated heterocycles. The normalized spacial score (nSPS) is 10.2. The van der Waals surface area contributed by atoms with Crippen LogP contribution in [-0.2, 0) is 11.3 Å². The highest BCUT2D eigenvalue weighted by molar-refractivity contribution is 7.99. The largest absolute Gasteiger partial charge is 0.348 e. The first kappa shape index (κ1) is 11.1. The minimum absolute atomic E-state index is 0.112. The third kappa shape index (κ3) is 2.77. The minimum atomic E-state index is 0.112. The molecule has 0 aromatic carbocycles. The van der Waals surface area contributed by atoms with Crippen LogP contribution in [0.3, 0.4) is 0 Å². The average Bonchev–Trinajstić information content (AvgIpc) is 2.60. The first-order chi connectivity index (χ1) is 6.65. The van der Waals surface area contributed by atoms with Crippen molar-refractivity contribution in [2.45, 2.75) is 18.6 Å². The fraction of sp³-hybridized carbons (Fsp3) is 0.556. The lowest BCUT2D eigenvalue weighted by molar-refractivity contribution is -0.125. The molecule has 0 aliphatic carbocycles. The molecule has 0 bridgehead atoms. The van der Waals surface area contributed by atoms with Crippen LogP contribution in [0.25, 0.3) is 0 Å². The molecule has 1 rings (SSSR count). The number of nitrogens with zero attached hydrogens (tertiary/aromatic N) is 3. The molecule has 0 aliphatic heterocycles. The van der Waals surface area contributed by atoms with Crippen LogP contribution < -0.4 is 0 Å². The van der Waals surface area contributed by atoms with Gasteiger partial charge in [-0.2, -0.15) is 0 Å². The van der Waals surface area contributed by atoms with Crippen LogP contribution in [0.1, 0.15) is 6.92 Å². The molecule has 0 N–H and O–H groups in total. The van der Waals surface area contributed by atoms with E-state index in [1.165, 1.54) is 11.8 Å². The van der Waals surface area contributed by atoms with Crippen molar-refractivity contribution in [2.75, 3.05) is 19.8 Å². The molecule has 1 aromatic heterocycles. The summed E-state index contributed by atoms with van der Waals surface area (Å²) in [6.07, 6.45) is 3.68. The maximum Gasteiger partial charge on any atom is 0.232 e. The molecule has 0 aliphatic rings. The van der Waals surface area contributed by atoms with Gasteiger partial charge in [-0.15, -0.1) is 0 Å². The fourth-order valence-electron chi connectivity index (χ4n) is 0.932. The van der Waals surface area contributed by atoms with E-state index in [2.05, 4.69) is 11.9 Å². The highest BCUT2D eigenvalue weighted by atomic mass is 32.2. The molecule has 1 heterocycles. The van der Waals surface area contributed by atoms with Gasteiger partial charge in [-0.25, -0.2) is 4.98 Å². The third-order valence-electron chi connectivity index (χ3n) is 1.84. The Morgan fingerprint density at radius 3 is 2.93 bits per heavy atom. The van der Waals surface area contributed by atoms with Gasteiger partial charge >= 0.3 is 0 Å². The van der Waals surface area contributed by atoms with Crippen molar-refractivity contribution < 1.29 is 4.79 Å². The quantitative estimate of drug-likeness (QED) is 0.703. The van der Waals surface area contributed by atoms with E-state index in [0.717, 1.165) is 11.7 Å². The van der Waals surface area contributed by atoms with E-state index in [1.807, 2.05) is 10.8 Å². The van der Waals surface area contributed by atoms with E-state index in [4.69, 9.17) is 0 Å². The predicted molar refractivity (Wildman–Crippen MR) is 57.3 cm³/mol. The van der Waals surface area contributed by atoms with Gasteiger partial charge in [-0.3, -0.25) is 4.79 Å². The molecule has 4 nitrogen and oxygen atoms in total. The minimum Gasteiger partial charge on any atom is -0.348 e. The van der Waals surface area contributed by atoms with Gasteiger partial charge in [0, 0.05) is 33.0 Å². The van der Waals surface area contributed by atoms with Crippen molar-refractivity contribution in [3.8, 4) is 0 Å². The number of rotatable bonds is 4. The second-order valence-electron chi connectivity index (χ2n) is 3.07. The molecule has 1 amide bonds. The van der Waals surface area contributed by atoms with E-state index in [-0.39, 0.29) is 5.91 Å². The Labute approximate surface area is 88.3 Å². The molecule has 0 radical (unpaired) electrons. The second-order valence-corrected chi connectivity index (χ2v) is 4.02. The standard InChI is InChI=1S/C9H15N3OS/c1-4-12-6-5-10-9(12)14-7-8(13)11(2)3/h5-6H,4,7H2,1-3H3. The Morgan fingerprint density at radius 1 is 1.64 bits per heavy atom. The van der Waals surface area contributed by atoms with E-state index in [0.29, 0.717) is 5.75 Å². The fourth-order valence-corrected chi connectivity index (χ4v) is 1.93. The molecule has 1 aromatic rings. The lowest BCUT2D eigenvalue weighted by atomic mass is 10.6. The summed E-state index contributed by atoms with van der Waals surface area (Å²) >= 11 is 1.48. The van der Waals surface area contributed by atoms with E-state index in [9.17, 15) is 4.79 Å². The molecule has 0 atom stereocenters. The van der Waals surface area contributed by atoms with Gasteiger partial charge in [0.2, 0.25) is 5.91 Å². The summed E-state index contributed by atoms with van der Waals surface area (Å²) in [5, 5.41) is 0.905. The van der Waals surface area contributed by atoms with Crippen LogP contribution in [-0.4, -0.2) is 40.2 Å². The summed E-state index contributed by atoms with van der Waals surface area (Å²) in [6.45, 7) is 2.94. The maximum absolute atomic E-state index is 11.3. The van der Waals surface area contributed by atoms with E-state index >= 15 is 0 Å². The van der Waals surface area contributed by atoms with Crippen LogP contribution in [0.4, 0.5) is 0 Å². The van der Waals surface area contributed by atoms with Crippen molar-refractivity contribution in [3.05, 3.63) is 12.4 Å². The summed E-state index contributed by atoms with van der Waals surface area (Å²) in [5.74, 6) is 0.560. The molecule has 0 saturated carbocycles. The molecule has 14 heavy (non-hydrogen) atoms. The summed E-state index contributed by atoms with van der Waals surface area (Å²) in [4.78, 5) is 17.1. The lowest BCUT2D eigenvalue weighted by Gasteiger charge is -2.09. The second kappa shape index (κ2) is 5.05. The van der Waals surface area contributed by atoms with Gasteiger partial charge in [0.15, 0.2) is 5.16 Å². The van der Waals surface area contributed by atoms with Crippen LogP contribution >= 0.6 is 11.8 Å². The molecular formula is C9H15N3OS. The average molecular weight is 213 g/mol. The number of amides is 1. The zero-order chi connectivity index (χ0) is 10.6. The van der Waals surface area contributed by atoms with Gasteiger partial charge in [0.25, 0.3) is 0 Å². The van der Waals surface area contributed by atoms with Crippen molar-refractivity contribution in [3.63, 3.8) is 0 Å². The monoisotopic (exact) mass is 213 g/mol. The lowest BCUT2D eigenvalue weighted by Crippen LogP contribution is -2.23. The number of aryl methyl sites for hydroxylation is 1. The predicted octanol–water partition coefficient (Wildman–Crippen LogP) is 1.08. The van der Waals surface area contributed by atoms with Gasteiger partial charge in [0.1, 0.15) is 0 Å². The Bertz CT molecular complexity index is 309. The number of hydrogen-bond acceptors (Lipinski definition) is 3. The zero-order valence-corrected chi connectivity index (χ0v) is 9.54. The number of aromatic nitrogens is 2. The van der Waals surface area contributed by atoms with Gasteiger partial charge in [0.05, 0.1) is 5.75 Å². The summed E-state index contributed by atoms with van der Waals surface area (Å²) in [7, 11) is 3.52. The maximum atomic E-state index is 11.3. The molecule has 0 spiro atoms. The highest BCUT2D eigenvalue weighted by Crippen LogP contribution is 2.15. The SMILES string of the molecule is CCn1ccnc1SCC(=O)N(C)C. The van der Waals surface area contributed by atoms with Crippen LogP contribution in [0, 0.1) is 0 Å². The first-order valence-electron chi connectivity index (χ1n) is 4.49. The van der Waals surface area contributed by atoms with Gasteiger partial charge in [-0.1, -0.05) is 11.8 Å². The zero-order valence-electron chi connectivity index (χ0n) is 8.73. The Balaban J connectivity index is 2.49. The number of carbonyl (C=O) groups excluding carboxylic acids is 1. The van der Waals surface area contributed by atoms with Crippen LogP contribution in [0.15, 0.2) is 17.6 Å². The first-order valence-corrected chi connectivity index (χ1v) is 5.47. The van der Waals surface area contributed by atoms with Crippen LogP contribution in [0.2, 0.25) is 0 Å². The van der Waals surface area contributed by atoms with E-state index < -0.39 is 0 Å². The smallest absolute Gasteiger partial charge is 0.232 e. The summed E-state index contributed by atoms with van der Waals surface area (Å²) < 4.78 is 2.02. The van der Waals surface area contributed by atoms with Crippen molar-refractivity contribution in [2.24, 2.45) is 0 Å². The number of hydrogen-bond donors (Lipinski definition) is 0. The van der Waals surface area contributed by atoms with E-state index in [1.54, 1.807) is 25.2 Å². The third-order valence-corrected chi connectivity index (χ3v) is 2.83. The molecular weight excluding hydrogens is 198 g/mol. The van der Waals surface area contributed by atoms with Crippen molar-refractivity contribution in [1.29, 1.82) is 0 Å². The van der Waals surface area contributed by atoms with Gasteiger partial charge in [-0.05, 0) is 6.92 Å².